The first-order valence-corrected chi connectivity index (χ1v) is 4.44. The van der Waals surface area contributed by atoms with E-state index < -0.39 is 0 Å². The number of hydrogen-bond donors (Lipinski definition) is 0. The number of aromatic nitrogens is 2. The van der Waals surface area contributed by atoms with E-state index in [4.69, 9.17) is 32.7 Å². The first kappa shape index (κ1) is 8.99. The molecule has 0 amide bonds. The van der Waals surface area contributed by atoms with Crippen LogP contribution in [0.2, 0.25) is 10.3 Å². The molecule has 0 aliphatic carbocycles. The van der Waals surface area contributed by atoms with E-state index in [0.717, 1.165) is 6.61 Å². The second kappa shape index (κ2) is 3.65. The molecule has 2 heterocycles. The van der Waals surface area contributed by atoms with Crippen molar-refractivity contribution in [1.82, 2.24) is 10.2 Å². The van der Waals surface area contributed by atoms with E-state index in [1.54, 1.807) is 0 Å². The van der Waals surface area contributed by atoms with E-state index in [9.17, 15) is 0 Å². The molecule has 6 heteroatoms. The van der Waals surface area contributed by atoms with E-state index in [0.29, 0.717) is 12.4 Å². The van der Waals surface area contributed by atoms with Gasteiger partial charge in [-0.2, -0.15) is 0 Å². The van der Waals surface area contributed by atoms with Gasteiger partial charge in [-0.1, -0.05) is 23.2 Å². The van der Waals surface area contributed by atoms with Crippen molar-refractivity contribution in [2.24, 2.45) is 0 Å². The lowest BCUT2D eigenvalue weighted by atomic mass is 10.5. The smallest absolute Gasteiger partial charge is 0.193 e. The highest BCUT2D eigenvalue weighted by atomic mass is 35.5. The van der Waals surface area contributed by atoms with Gasteiger partial charge in [0.05, 0.1) is 6.61 Å². The quantitative estimate of drug-likeness (QED) is 0.726. The van der Waals surface area contributed by atoms with Crippen molar-refractivity contribution in [2.75, 3.05) is 13.2 Å². The van der Waals surface area contributed by atoms with Crippen LogP contribution in [0.4, 0.5) is 0 Å². The molecule has 0 radical (unpaired) electrons. The van der Waals surface area contributed by atoms with Gasteiger partial charge in [-0.15, -0.1) is 10.2 Å². The molecule has 0 N–H and O–H groups in total. The monoisotopic (exact) mass is 220 g/mol. The summed E-state index contributed by atoms with van der Waals surface area (Å²) in [5, 5.41) is 7.62. The van der Waals surface area contributed by atoms with Crippen molar-refractivity contribution in [1.29, 1.82) is 0 Å². The maximum absolute atomic E-state index is 5.70. The van der Waals surface area contributed by atoms with Gasteiger partial charge >= 0.3 is 0 Å². The Kier molecular flexibility index (Phi) is 2.53. The van der Waals surface area contributed by atoms with Crippen LogP contribution in [0.3, 0.4) is 0 Å². The fraction of sp³-hybridized carbons (Fsp3) is 0.429. The SMILES string of the molecule is Clc1cc(OCC2CO2)c(Cl)nn1. The molecule has 4 nitrogen and oxygen atoms in total. The van der Waals surface area contributed by atoms with E-state index in [1.807, 2.05) is 0 Å². The van der Waals surface area contributed by atoms with Crippen LogP contribution in [0.15, 0.2) is 6.07 Å². The summed E-state index contributed by atoms with van der Waals surface area (Å²) in [4.78, 5) is 0. The molecule has 0 bridgehead atoms. The van der Waals surface area contributed by atoms with Crippen LogP contribution >= 0.6 is 23.2 Å². The molecule has 1 aromatic rings. The molecule has 2 rings (SSSR count). The summed E-state index contributed by atoms with van der Waals surface area (Å²) in [6.07, 6.45) is 0.183. The van der Waals surface area contributed by atoms with Gasteiger partial charge in [0, 0.05) is 6.07 Å². The highest BCUT2D eigenvalue weighted by Gasteiger charge is 2.23. The summed E-state index contributed by atoms with van der Waals surface area (Å²) in [5.74, 6) is 0.442. The van der Waals surface area contributed by atoms with Gasteiger partial charge in [-0.25, -0.2) is 0 Å². The third-order valence-electron chi connectivity index (χ3n) is 1.51. The zero-order chi connectivity index (χ0) is 9.26. The average molecular weight is 221 g/mol. The first-order chi connectivity index (χ1) is 6.25. The van der Waals surface area contributed by atoms with Crippen molar-refractivity contribution in [3.8, 4) is 5.75 Å². The average Bonchev–Trinajstić information content (AvgIpc) is 2.90. The zero-order valence-corrected chi connectivity index (χ0v) is 8.05. The molecule has 0 spiro atoms. The largest absolute Gasteiger partial charge is 0.487 e. The molecule has 1 aliphatic heterocycles. The highest BCUT2D eigenvalue weighted by molar-refractivity contribution is 6.32. The van der Waals surface area contributed by atoms with Gasteiger partial charge in [0.1, 0.15) is 12.7 Å². The minimum absolute atomic E-state index is 0.183. The Morgan fingerprint density at radius 1 is 1.54 bits per heavy atom. The second-order valence-corrected chi connectivity index (χ2v) is 3.33. The van der Waals surface area contributed by atoms with Crippen LogP contribution in [0.25, 0.3) is 0 Å². The number of halogens is 2. The van der Waals surface area contributed by atoms with E-state index in [1.165, 1.54) is 6.07 Å². The first-order valence-electron chi connectivity index (χ1n) is 3.69. The van der Waals surface area contributed by atoms with Crippen LogP contribution in [0.5, 0.6) is 5.75 Å². The molecule has 1 saturated heterocycles. The Balaban J connectivity index is 2.03. The maximum atomic E-state index is 5.70. The molecule has 1 atom stereocenters. The van der Waals surface area contributed by atoms with Gasteiger partial charge in [-0.3, -0.25) is 0 Å². The van der Waals surface area contributed by atoms with Crippen molar-refractivity contribution in [2.45, 2.75) is 6.10 Å². The summed E-state index contributed by atoms with van der Waals surface area (Å²) in [6, 6.07) is 1.53. The molecule has 0 aromatic carbocycles. The lowest BCUT2D eigenvalue weighted by Gasteiger charge is -2.04. The number of rotatable bonds is 3. The summed E-state index contributed by atoms with van der Waals surface area (Å²) in [6.45, 7) is 1.21. The number of epoxide rings is 1. The molecule has 13 heavy (non-hydrogen) atoms. The minimum Gasteiger partial charge on any atom is -0.487 e. The van der Waals surface area contributed by atoms with E-state index in [-0.39, 0.29) is 16.4 Å². The Labute approximate surface area is 84.8 Å². The van der Waals surface area contributed by atoms with Crippen LogP contribution in [-0.4, -0.2) is 29.5 Å². The topological polar surface area (TPSA) is 47.5 Å². The summed E-state index contributed by atoms with van der Waals surface area (Å²) < 4.78 is 10.3. The van der Waals surface area contributed by atoms with Gasteiger partial charge in [0.2, 0.25) is 0 Å². The highest BCUT2D eigenvalue weighted by Crippen LogP contribution is 2.24. The predicted molar refractivity (Wildman–Crippen MR) is 47.3 cm³/mol. The van der Waals surface area contributed by atoms with Crippen LogP contribution in [-0.2, 0) is 4.74 Å². The maximum Gasteiger partial charge on any atom is 0.193 e. The van der Waals surface area contributed by atoms with Crippen molar-refractivity contribution in [3.63, 3.8) is 0 Å². The van der Waals surface area contributed by atoms with Gasteiger partial charge in [0.15, 0.2) is 16.1 Å². The molecule has 1 fully saturated rings. The Bertz CT molecular complexity index is 317. The zero-order valence-electron chi connectivity index (χ0n) is 6.54. The Hall–Kier alpha value is -0.580. The van der Waals surface area contributed by atoms with Crippen molar-refractivity contribution in [3.05, 3.63) is 16.4 Å². The molecule has 0 saturated carbocycles. The van der Waals surface area contributed by atoms with E-state index in [2.05, 4.69) is 10.2 Å². The third-order valence-corrected chi connectivity index (χ3v) is 1.96. The Morgan fingerprint density at radius 2 is 2.31 bits per heavy atom. The van der Waals surface area contributed by atoms with Gasteiger partial charge < -0.3 is 9.47 Å². The van der Waals surface area contributed by atoms with Crippen LogP contribution < -0.4 is 4.74 Å². The standard InChI is InChI=1S/C7H6Cl2N2O2/c8-6-1-5(7(9)11-10-6)13-3-4-2-12-4/h1,4H,2-3H2. The lowest BCUT2D eigenvalue weighted by molar-refractivity contribution is 0.262. The van der Waals surface area contributed by atoms with Crippen LogP contribution in [0.1, 0.15) is 0 Å². The van der Waals surface area contributed by atoms with Crippen LogP contribution in [0, 0.1) is 0 Å². The molecular formula is C7H6Cl2N2O2. The number of ether oxygens (including phenoxy) is 2. The molecular weight excluding hydrogens is 215 g/mol. The van der Waals surface area contributed by atoms with Crippen molar-refractivity contribution < 1.29 is 9.47 Å². The number of nitrogens with zero attached hydrogens (tertiary/aromatic N) is 2. The summed E-state index contributed by atoms with van der Waals surface area (Å²) in [7, 11) is 0. The minimum atomic E-state index is 0.183. The fourth-order valence-electron chi connectivity index (χ4n) is 0.786. The molecule has 70 valence electrons. The number of hydrogen-bond acceptors (Lipinski definition) is 4. The Morgan fingerprint density at radius 3 is 3.00 bits per heavy atom. The fourth-order valence-corrected chi connectivity index (χ4v) is 1.07. The molecule has 1 aromatic heterocycles. The predicted octanol–water partition coefficient (Wildman–Crippen LogP) is 1.56. The summed E-state index contributed by atoms with van der Waals surface area (Å²) in [5.41, 5.74) is 0. The van der Waals surface area contributed by atoms with Gasteiger partial charge in [0.25, 0.3) is 0 Å². The normalized spacial score (nSPS) is 20.0. The van der Waals surface area contributed by atoms with E-state index >= 15 is 0 Å². The summed E-state index contributed by atoms with van der Waals surface area (Å²) >= 11 is 11.3. The molecule has 1 unspecified atom stereocenters. The molecule has 1 aliphatic rings. The van der Waals surface area contributed by atoms with Gasteiger partial charge in [-0.05, 0) is 0 Å². The lowest BCUT2D eigenvalue weighted by Crippen LogP contribution is -2.05. The van der Waals surface area contributed by atoms with Crippen molar-refractivity contribution >= 4 is 23.2 Å². The second-order valence-electron chi connectivity index (χ2n) is 2.59. The third kappa shape index (κ3) is 2.43.